The summed E-state index contributed by atoms with van der Waals surface area (Å²) in [5.74, 6) is 0.409. The van der Waals surface area contributed by atoms with Crippen molar-refractivity contribution < 1.29 is 13.2 Å². The molecule has 0 saturated carbocycles. The number of hydrogen-bond acceptors (Lipinski definition) is 4. The van der Waals surface area contributed by atoms with E-state index in [9.17, 15) is 13.2 Å². The summed E-state index contributed by atoms with van der Waals surface area (Å²) in [5.41, 5.74) is 4.65. The first-order chi connectivity index (χ1) is 7.36. The summed E-state index contributed by atoms with van der Waals surface area (Å²) in [6.07, 6.45) is -4.44. The molecular weight excluding hydrogens is 221 g/mol. The standard InChI is InChI=1S/C9H11F3N4/c1-5-14-7(9(10,11)12)2-8(15-5)16-3-6(13)4-16/h2,6H,3-4,13H2,1H3. The van der Waals surface area contributed by atoms with E-state index in [0.29, 0.717) is 18.9 Å². The van der Waals surface area contributed by atoms with E-state index in [1.807, 2.05) is 0 Å². The minimum Gasteiger partial charge on any atom is -0.353 e. The van der Waals surface area contributed by atoms with E-state index in [1.54, 1.807) is 4.90 Å². The third kappa shape index (κ3) is 2.08. The fourth-order valence-corrected chi connectivity index (χ4v) is 1.56. The second kappa shape index (κ2) is 3.58. The molecule has 1 aromatic rings. The molecule has 1 aliphatic heterocycles. The van der Waals surface area contributed by atoms with Crippen molar-refractivity contribution in [3.63, 3.8) is 0 Å². The maximum Gasteiger partial charge on any atom is 0.433 e. The van der Waals surface area contributed by atoms with E-state index < -0.39 is 11.9 Å². The third-order valence-corrected chi connectivity index (χ3v) is 2.35. The van der Waals surface area contributed by atoms with Crippen LogP contribution in [0.4, 0.5) is 19.0 Å². The van der Waals surface area contributed by atoms with E-state index >= 15 is 0 Å². The van der Waals surface area contributed by atoms with Crippen LogP contribution in [0.15, 0.2) is 6.07 Å². The molecule has 7 heteroatoms. The van der Waals surface area contributed by atoms with Crippen LogP contribution in [0, 0.1) is 6.92 Å². The Kier molecular flexibility index (Phi) is 2.49. The van der Waals surface area contributed by atoms with Crippen LogP contribution in [0.5, 0.6) is 0 Å². The zero-order valence-corrected chi connectivity index (χ0v) is 8.62. The number of rotatable bonds is 1. The molecule has 1 aliphatic rings. The van der Waals surface area contributed by atoms with Gasteiger partial charge in [-0.1, -0.05) is 0 Å². The number of aromatic nitrogens is 2. The van der Waals surface area contributed by atoms with Crippen LogP contribution < -0.4 is 10.6 Å². The van der Waals surface area contributed by atoms with Crippen molar-refractivity contribution >= 4 is 5.82 Å². The average Bonchev–Trinajstić information content (AvgIpc) is 2.10. The van der Waals surface area contributed by atoms with Crippen LogP contribution in [-0.4, -0.2) is 29.1 Å². The molecule has 0 spiro atoms. The summed E-state index contributed by atoms with van der Waals surface area (Å²) in [6.45, 7) is 2.51. The van der Waals surface area contributed by atoms with Crippen molar-refractivity contribution in [3.8, 4) is 0 Å². The molecule has 0 atom stereocenters. The summed E-state index contributed by atoms with van der Waals surface area (Å²) in [5, 5.41) is 0. The maximum atomic E-state index is 12.5. The van der Waals surface area contributed by atoms with Gasteiger partial charge in [-0.25, -0.2) is 9.97 Å². The van der Waals surface area contributed by atoms with Gasteiger partial charge in [-0.15, -0.1) is 0 Å². The first-order valence-electron chi connectivity index (χ1n) is 4.79. The fraction of sp³-hybridized carbons (Fsp3) is 0.556. The van der Waals surface area contributed by atoms with Gasteiger partial charge in [0.05, 0.1) is 0 Å². The van der Waals surface area contributed by atoms with Gasteiger partial charge in [0.1, 0.15) is 17.3 Å². The van der Waals surface area contributed by atoms with Gasteiger partial charge >= 0.3 is 6.18 Å². The lowest BCUT2D eigenvalue weighted by Gasteiger charge is -2.38. The highest BCUT2D eigenvalue weighted by molar-refractivity contribution is 5.44. The van der Waals surface area contributed by atoms with Crippen LogP contribution >= 0.6 is 0 Å². The Morgan fingerprint density at radius 1 is 1.38 bits per heavy atom. The molecule has 16 heavy (non-hydrogen) atoms. The van der Waals surface area contributed by atoms with Gasteiger partial charge in [0.15, 0.2) is 0 Å². The van der Waals surface area contributed by atoms with E-state index in [2.05, 4.69) is 9.97 Å². The Morgan fingerprint density at radius 2 is 2.00 bits per heavy atom. The molecule has 0 unspecified atom stereocenters. The highest BCUT2D eigenvalue weighted by atomic mass is 19.4. The topological polar surface area (TPSA) is 55.0 Å². The zero-order chi connectivity index (χ0) is 11.9. The predicted octanol–water partition coefficient (Wildman–Crippen LogP) is 0.951. The molecule has 88 valence electrons. The maximum absolute atomic E-state index is 12.5. The van der Waals surface area contributed by atoms with Crippen molar-refractivity contribution in [3.05, 3.63) is 17.6 Å². The molecule has 0 radical (unpaired) electrons. The van der Waals surface area contributed by atoms with Crippen LogP contribution in [0.2, 0.25) is 0 Å². The number of anilines is 1. The van der Waals surface area contributed by atoms with Crippen molar-refractivity contribution in [2.24, 2.45) is 5.73 Å². The Labute approximate surface area is 90.3 Å². The lowest BCUT2D eigenvalue weighted by molar-refractivity contribution is -0.141. The molecule has 1 saturated heterocycles. The molecule has 4 nitrogen and oxygen atoms in total. The molecule has 0 aliphatic carbocycles. The minimum absolute atomic E-state index is 0.0182. The molecule has 2 N–H and O–H groups in total. The van der Waals surface area contributed by atoms with Gasteiger partial charge in [0.25, 0.3) is 0 Å². The third-order valence-electron chi connectivity index (χ3n) is 2.35. The second-order valence-corrected chi connectivity index (χ2v) is 3.82. The van der Waals surface area contributed by atoms with Gasteiger partial charge in [0.2, 0.25) is 0 Å². The summed E-state index contributed by atoms with van der Waals surface area (Å²) in [7, 11) is 0. The van der Waals surface area contributed by atoms with Crippen molar-refractivity contribution in [1.29, 1.82) is 0 Å². The lowest BCUT2D eigenvalue weighted by atomic mass is 10.1. The van der Waals surface area contributed by atoms with Gasteiger partial charge in [-0.2, -0.15) is 13.2 Å². The van der Waals surface area contributed by atoms with Gasteiger partial charge < -0.3 is 10.6 Å². The van der Waals surface area contributed by atoms with E-state index in [1.165, 1.54) is 6.92 Å². The smallest absolute Gasteiger partial charge is 0.353 e. The SMILES string of the molecule is Cc1nc(N2CC(N)C2)cc(C(F)(F)F)n1. The van der Waals surface area contributed by atoms with Gasteiger partial charge in [-0.3, -0.25) is 0 Å². The molecule has 0 bridgehead atoms. The molecule has 1 aromatic heterocycles. The monoisotopic (exact) mass is 232 g/mol. The van der Waals surface area contributed by atoms with Gasteiger partial charge in [0, 0.05) is 25.2 Å². The number of hydrogen-bond donors (Lipinski definition) is 1. The average molecular weight is 232 g/mol. The first kappa shape index (κ1) is 11.1. The van der Waals surface area contributed by atoms with E-state index in [0.717, 1.165) is 6.07 Å². The predicted molar refractivity (Wildman–Crippen MR) is 52.0 cm³/mol. The number of nitrogens with two attached hydrogens (primary N) is 1. The minimum atomic E-state index is -4.44. The molecule has 1 fully saturated rings. The normalized spacial score (nSPS) is 17.4. The van der Waals surface area contributed by atoms with Crippen LogP contribution in [0.1, 0.15) is 11.5 Å². The number of aryl methyl sites for hydroxylation is 1. The van der Waals surface area contributed by atoms with Crippen molar-refractivity contribution in [2.45, 2.75) is 19.1 Å². The van der Waals surface area contributed by atoms with E-state index in [-0.39, 0.29) is 11.9 Å². The van der Waals surface area contributed by atoms with Crippen molar-refractivity contribution in [1.82, 2.24) is 9.97 Å². The Hall–Kier alpha value is -1.37. The van der Waals surface area contributed by atoms with Crippen LogP contribution in [0.25, 0.3) is 0 Å². The fourth-order valence-electron chi connectivity index (χ4n) is 1.56. The zero-order valence-electron chi connectivity index (χ0n) is 8.62. The largest absolute Gasteiger partial charge is 0.433 e. The molecule has 2 rings (SSSR count). The molecule has 2 heterocycles. The second-order valence-electron chi connectivity index (χ2n) is 3.82. The lowest BCUT2D eigenvalue weighted by Crippen LogP contribution is -2.56. The molecular formula is C9H11F3N4. The number of halogens is 3. The van der Waals surface area contributed by atoms with Crippen LogP contribution in [0.3, 0.4) is 0 Å². The van der Waals surface area contributed by atoms with Gasteiger partial charge in [-0.05, 0) is 6.92 Å². The molecule has 0 aromatic carbocycles. The molecule has 0 amide bonds. The number of alkyl halides is 3. The Balaban J connectivity index is 2.30. The van der Waals surface area contributed by atoms with Crippen LogP contribution in [-0.2, 0) is 6.18 Å². The summed E-state index contributed by atoms with van der Waals surface area (Å²) >= 11 is 0. The summed E-state index contributed by atoms with van der Waals surface area (Å²) in [6, 6.07) is 0.975. The highest BCUT2D eigenvalue weighted by Crippen LogP contribution is 2.30. The Bertz CT molecular complexity index is 398. The summed E-state index contributed by atoms with van der Waals surface area (Å²) in [4.78, 5) is 9.04. The summed E-state index contributed by atoms with van der Waals surface area (Å²) < 4.78 is 37.4. The highest BCUT2D eigenvalue weighted by Gasteiger charge is 2.35. The first-order valence-corrected chi connectivity index (χ1v) is 4.79. The Morgan fingerprint density at radius 3 is 2.50 bits per heavy atom. The quantitative estimate of drug-likeness (QED) is 0.783. The van der Waals surface area contributed by atoms with Crippen molar-refractivity contribution in [2.75, 3.05) is 18.0 Å². The van der Waals surface area contributed by atoms with E-state index in [4.69, 9.17) is 5.73 Å². The number of nitrogens with zero attached hydrogens (tertiary/aromatic N) is 3.